The van der Waals surface area contributed by atoms with E-state index in [-0.39, 0.29) is 12.0 Å². The lowest BCUT2D eigenvalue weighted by molar-refractivity contribution is -0.127. The number of nitrogens with zero attached hydrogens (tertiary/aromatic N) is 2. The van der Waals surface area contributed by atoms with E-state index >= 15 is 0 Å². The maximum atomic E-state index is 12.2. The number of carbonyl (C=O) groups is 1. The molecule has 128 valence electrons. The minimum atomic E-state index is -0.607. The molecule has 2 aromatic rings. The predicted octanol–water partition coefficient (Wildman–Crippen LogP) is 2.24. The second kappa shape index (κ2) is 7.49. The van der Waals surface area contributed by atoms with Crippen molar-refractivity contribution in [3.8, 4) is 11.6 Å². The molecule has 0 unspecified atom stereocenters. The van der Waals surface area contributed by atoms with Gasteiger partial charge in [0.25, 0.3) is 5.91 Å². The first-order chi connectivity index (χ1) is 11.6. The number of para-hydroxylation sites is 1. The van der Waals surface area contributed by atoms with E-state index < -0.39 is 6.10 Å². The first-order valence-electron chi connectivity index (χ1n) is 8.31. The third-order valence-corrected chi connectivity index (χ3v) is 4.06. The second-order valence-corrected chi connectivity index (χ2v) is 6.04. The summed E-state index contributed by atoms with van der Waals surface area (Å²) in [5, 5.41) is 7.31. The lowest BCUT2D eigenvalue weighted by atomic mass is 10.2. The largest absolute Gasteiger partial charge is 0.463 e. The standard InChI is InChI=1S/C18H23N3O3/c1-13-12-21(15-7-4-3-5-8-15)20-18(13)24-14(2)17(22)19-11-16-9-6-10-23-16/h3-5,7-8,12,14,16H,6,9-11H2,1-2H3,(H,19,22)/t14-,16+/m0/s1. The molecule has 1 aromatic carbocycles. The van der Waals surface area contributed by atoms with E-state index in [2.05, 4.69) is 10.4 Å². The van der Waals surface area contributed by atoms with Crippen molar-refractivity contribution in [2.24, 2.45) is 0 Å². The van der Waals surface area contributed by atoms with Crippen molar-refractivity contribution < 1.29 is 14.3 Å². The number of aromatic nitrogens is 2. The summed E-state index contributed by atoms with van der Waals surface area (Å²) in [7, 11) is 0. The number of carbonyl (C=O) groups excluding carboxylic acids is 1. The van der Waals surface area contributed by atoms with Gasteiger partial charge in [0, 0.05) is 24.9 Å². The van der Waals surface area contributed by atoms with E-state index in [1.165, 1.54) is 0 Å². The van der Waals surface area contributed by atoms with E-state index in [9.17, 15) is 4.79 Å². The van der Waals surface area contributed by atoms with Crippen LogP contribution in [0.5, 0.6) is 5.88 Å². The fourth-order valence-corrected chi connectivity index (χ4v) is 2.66. The molecular weight excluding hydrogens is 306 g/mol. The molecule has 0 radical (unpaired) electrons. The summed E-state index contributed by atoms with van der Waals surface area (Å²) >= 11 is 0. The molecule has 1 fully saturated rings. The first-order valence-corrected chi connectivity index (χ1v) is 8.31. The SMILES string of the molecule is Cc1cn(-c2ccccc2)nc1O[C@@H](C)C(=O)NC[C@H]1CCCO1. The van der Waals surface area contributed by atoms with E-state index in [4.69, 9.17) is 9.47 Å². The van der Waals surface area contributed by atoms with Gasteiger partial charge >= 0.3 is 0 Å². The lowest BCUT2D eigenvalue weighted by Crippen LogP contribution is -2.40. The molecule has 24 heavy (non-hydrogen) atoms. The third kappa shape index (κ3) is 3.94. The van der Waals surface area contributed by atoms with Crippen LogP contribution in [-0.4, -0.2) is 41.0 Å². The molecule has 6 heteroatoms. The number of hydrogen-bond acceptors (Lipinski definition) is 4. The summed E-state index contributed by atoms with van der Waals surface area (Å²) in [5.74, 6) is 0.317. The molecule has 0 spiro atoms. The molecule has 3 rings (SSSR count). The number of ether oxygens (including phenoxy) is 2. The molecule has 2 heterocycles. The average molecular weight is 329 g/mol. The Morgan fingerprint density at radius 2 is 2.25 bits per heavy atom. The Bertz CT molecular complexity index is 678. The Hall–Kier alpha value is -2.34. The van der Waals surface area contributed by atoms with Gasteiger partial charge < -0.3 is 14.8 Å². The summed E-state index contributed by atoms with van der Waals surface area (Å²) < 4.78 is 13.0. The van der Waals surface area contributed by atoms with Crippen molar-refractivity contribution in [2.75, 3.05) is 13.2 Å². The van der Waals surface area contributed by atoms with Crippen molar-refractivity contribution in [1.29, 1.82) is 0 Å². The van der Waals surface area contributed by atoms with Crippen LogP contribution in [0.15, 0.2) is 36.5 Å². The molecule has 2 atom stereocenters. The summed E-state index contributed by atoms with van der Waals surface area (Å²) in [4.78, 5) is 12.2. The van der Waals surface area contributed by atoms with Crippen LogP contribution < -0.4 is 10.1 Å². The topological polar surface area (TPSA) is 65.4 Å². The Morgan fingerprint density at radius 3 is 2.96 bits per heavy atom. The number of hydrogen-bond donors (Lipinski definition) is 1. The van der Waals surface area contributed by atoms with Crippen LogP contribution in [-0.2, 0) is 9.53 Å². The first kappa shape index (κ1) is 16.5. The molecule has 6 nitrogen and oxygen atoms in total. The van der Waals surface area contributed by atoms with Gasteiger partial charge in [0.1, 0.15) is 0 Å². The maximum Gasteiger partial charge on any atom is 0.260 e. The van der Waals surface area contributed by atoms with Gasteiger partial charge in [-0.1, -0.05) is 18.2 Å². The third-order valence-electron chi connectivity index (χ3n) is 4.06. The van der Waals surface area contributed by atoms with Crippen molar-refractivity contribution in [2.45, 2.75) is 38.9 Å². The van der Waals surface area contributed by atoms with Crippen LogP contribution in [0.4, 0.5) is 0 Å². The fraction of sp³-hybridized carbons (Fsp3) is 0.444. The van der Waals surface area contributed by atoms with Gasteiger partial charge in [-0.05, 0) is 38.8 Å². The smallest absolute Gasteiger partial charge is 0.260 e. The number of benzene rings is 1. The zero-order chi connectivity index (χ0) is 16.9. The van der Waals surface area contributed by atoms with Crippen LogP contribution in [0.25, 0.3) is 5.69 Å². The molecule has 1 saturated heterocycles. The second-order valence-electron chi connectivity index (χ2n) is 6.04. The van der Waals surface area contributed by atoms with E-state index in [0.29, 0.717) is 12.4 Å². The summed E-state index contributed by atoms with van der Waals surface area (Å²) in [5.41, 5.74) is 1.84. The molecule has 0 aliphatic carbocycles. The molecule has 1 amide bonds. The molecule has 1 N–H and O–H groups in total. The summed E-state index contributed by atoms with van der Waals surface area (Å²) in [6, 6.07) is 9.79. The highest BCUT2D eigenvalue weighted by Crippen LogP contribution is 2.19. The Morgan fingerprint density at radius 1 is 1.46 bits per heavy atom. The van der Waals surface area contributed by atoms with Crippen LogP contribution in [0.3, 0.4) is 0 Å². The van der Waals surface area contributed by atoms with E-state index in [0.717, 1.165) is 30.7 Å². The monoisotopic (exact) mass is 329 g/mol. The average Bonchev–Trinajstić information content (AvgIpc) is 3.24. The van der Waals surface area contributed by atoms with Gasteiger partial charge in [0.2, 0.25) is 5.88 Å². The summed E-state index contributed by atoms with van der Waals surface area (Å²) in [6.45, 7) is 4.96. The number of amides is 1. The molecule has 1 aromatic heterocycles. The predicted molar refractivity (Wildman–Crippen MR) is 90.4 cm³/mol. The normalized spacial score (nSPS) is 18.3. The zero-order valence-electron chi connectivity index (χ0n) is 14.1. The number of aryl methyl sites for hydroxylation is 1. The van der Waals surface area contributed by atoms with Crippen LogP contribution in [0, 0.1) is 6.92 Å². The van der Waals surface area contributed by atoms with Gasteiger partial charge in [-0.2, -0.15) is 0 Å². The van der Waals surface area contributed by atoms with Gasteiger partial charge in [0.05, 0.1) is 11.8 Å². The van der Waals surface area contributed by atoms with Crippen LogP contribution in [0.1, 0.15) is 25.3 Å². The van der Waals surface area contributed by atoms with Gasteiger partial charge in [-0.25, -0.2) is 4.68 Å². The van der Waals surface area contributed by atoms with Gasteiger partial charge in [-0.3, -0.25) is 4.79 Å². The zero-order valence-corrected chi connectivity index (χ0v) is 14.1. The van der Waals surface area contributed by atoms with Crippen molar-refractivity contribution >= 4 is 5.91 Å². The van der Waals surface area contributed by atoms with Crippen LogP contribution in [0.2, 0.25) is 0 Å². The fourth-order valence-electron chi connectivity index (χ4n) is 2.66. The van der Waals surface area contributed by atoms with Crippen molar-refractivity contribution in [3.63, 3.8) is 0 Å². The molecule has 0 bridgehead atoms. The number of rotatable bonds is 6. The highest BCUT2D eigenvalue weighted by Gasteiger charge is 2.21. The lowest BCUT2D eigenvalue weighted by Gasteiger charge is -2.15. The summed E-state index contributed by atoms with van der Waals surface area (Å²) in [6.07, 6.45) is 3.46. The highest BCUT2D eigenvalue weighted by molar-refractivity contribution is 5.80. The maximum absolute atomic E-state index is 12.2. The Kier molecular flexibility index (Phi) is 5.15. The van der Waals surface area contributed by atoms with E-state index in [1.807, 2.05) is 43.5 Å². The van der Waals surface area contributed by atoms with Gasteiger partial charge in [-0.15, -0.1) is 5.10 Å². The number of nitrogens with one attached hydrogen (secondary N) is 1. The van der Waals surface area contributed by atoms with Crippen LogP contribution >= 0.6 is 0 Å². The molecule has 0 saturated carbocycles. The Balaban J connectivity index is 1.58. The molecule has 1 aliphatic heterocycles. The highest BCUT2D eigenvalue weighted by atomic mass is 16.5. The van der Waals surface area contributed by atoms with Gasteiger partial charge in [0.15, 0.2) is 6.10 Å². The quantitative estimate of drug-likeness (QED) is 0.883. The minimum absolute atomic E-state index is 0.125. The molecule has 1 aliphatic rings. The van der Waals surface area contributed by atoms with Crippen molar-refractivity contribution in [3.05, 3.63) is 42.1 Å². The molecular formula is C18H23N3O3. The van der Waals surface area contributed by atoms with Crippen molar-refractivity contribution in [1.82, 2.24) is 15.1 Å². The van der Waals surface area contributed by atoms with E-state index in [1.54, 1.807) is 11.6 Å². The Labute approximate surface area is 141 Å². The minimum Gasteiger partial charge on any atom is -0.463 e.